The van der Waals surface area contributed by atoms with Crippen LogP contribution in [0.1, 0.15) is 54.0 Å². The second-order valence-corrected chi connectivity index (χ2v) is 9.30. The molecule has 0 saturated carbocycles. The molecular formula is C26H29ClN4O. The van der Waals surface area contributed by atoms with Crippen molar-refractivity contribution in [3.8, 4) is 6.07 Å². The van der Waals surface area contributed by atoms with E-state index >= 15 is 0 Å². The number of hydrogen-bond acceptors (Lipinski definition) is 4. The van der Waals surface area contributed by atoms with Gasteiger partial charge in [0, 0.05) is 37.1 Å². The summed E-state index contributed by atoms with van der Waals surface area (Å²) in [4.78, 5) is 7.01. The number of nitrogens with zero attached hydrogens (tertiary/aromatic N) is 4. The van der Waals surface area contributed by atoms with Gasteiger partial charge in [-0.15, -0.1) is 0 Å². The fourth-order valence-corrected chi connectivity index (χ4v) is 4.82. The van der Waals surface area contributed by atoms with Crippen LogP contribution in [-0.2, 0) is 13.0 Å². The second-order valence-electron chi connectivity index (χ2n) is 8.87. The minimum absolute atomic E-state index is 0.199. The van der Waals surface area contributed by atoms with Gasteiger partial charge in [0.15, 0.2) is 0 Å². The number of hydrogen-bond donors (Lipinski definition) is 1. The van der Waals surface area contributed by atoms with Crippen molar-refractivity contribution in [3.63, 3.8) is 0 Å². The van der Waals surface area contributed by atoms with Crippen molar-refractivity contribution in [2.45, 2.75) is 51.3 Å². The molecule has 6 heteroatoms. The van der Waals surface area contributed by atoms with Crippen molar-refractivity contribution in [2.24, 2.45) is 0 Å². The number of halogens is 1. The van der Waals surface area contributed by atoms with E-state index in [2.05, 4.69) is 27.4 Å². The van der Waals surface area contributed by atoms with E-state index in [9.17, 15) is 5.11 Å². The lowest BCUT2D eigenvalue weighted by molar-refractivity contribution is -0.0298. The summed E-state index contributed by atoms with van der Waals surface area (Å²) in [6.45, 7) is 6.63. The van der Waals surface area contributed by atoms with E-state index in [1.54, 1.807) is 0 Å². The van der Waals surface area contributed by atoms with Crippen LogP contribution in [0.4, 0.5) is 0 Å². The lowest BCUT2D eigenvalue weighted by Crippen LogP contribution is -2.46. The number of nitriles is 1. The highest BCUT2D eigenvalue weighted by Gasteiger charge is 2.34. The van der Waals surface area contributed by atoms with Crippen molar-refractivity contribution in [3.05, 3.63) is 88.0 Å². The van der Waals surface area contributed by atoms with Gasteiger partial charge in [0.2, 0.25) is 0 Å². The maximum Gasteiger partial charge on any atom is 0.106 e. The number of rotatable bonds is 6. The zero-order valence-electron chi connectivity index (χ0n) is 18.6. The molecular weight excluding hydrogens is 420 g/mol. The zero-order chi connectivity index (χ0) is 22.7. The molecule has 1 N–H and O–H groups in total. The third kappa shape index (κ3) is 5.05. The Bertz CT molecular complexity index is 1110. The molecule has 1 unspecified atom stereocenters. The molecule has 1 saturated heterocycles. The summed E-state index contributed by atoms with van der Waals surface area (Å²) in [6.07, 6.45) is 4.06. The van der Waals surface area contributed by atoms with Crippen molar-refractivity contribution in [1.82, 2.24) is 14.5 Å². The summed E-state index contributed by atoms with van der Waals surface area (Å²) >= 11 is 6.12. The number of likely N-dealkylation sites (tertiary alicyclic amines) is 1. The van der Waals surface area contributed by atoms with Gasteiger partial charge in [-0.05, 0) is 62.1 Å². The Morgan fingerprint density at radius 2 is 1.88 bits per heavy atom. The molecule has 0 spiro atoms. The van der Waals surface area contributed by atoms with Crippen molar-refractivity contribution in [1.29, 1.82) is 5.26 Å². The van der Waals surface area contributed by atoms with E-state index in [1.807, 2.05) is 61.7 Å². The van der Waals surface area contributed by atoms with Gasteiger partial charge in [0.1, 0.15) is 5.82 Å². The summed E-state index contributed by atoms with van der Waals surface area (Å²) in [7, 11) is 0. The molecule has 0 bridgehead atoms. The van der Waals surface area contributed by atoms with E-state index in [4.69, 9.17) is 16.9 Å². The summed E-state index contributed by atoms with van der Waals surface area (Å²) < 4.78 is 2.25. The smallest absolute Gasteiger partial charge is 0.106 e. The van der Waals surface area contributed by atoms with Crippen molar-refractivity contribution < 1.29 is 5.11 Å². The highest BCUT2D eigenvalue weighted by Crippen LogP contribution is 2.32. The van der Waals surface area contributed by atoms with E-state index < -0.39 is 5.60 Å². The van der Waals surface area contributed by atoms with Gasteiger partial charge in [0.05, 0.1) is 29.1 Å². The lowest BCUT2D eigenvalue weighted by atomic mass is 9.85. The average molecular weight is 449 g/mol. The Morgan fingerprint density at radius 3 is 2.53 bits per heavy atom. The van der Waals surface area contributed by atoms with E-state index in [0.29, 0.717) is 17.0 Å². The first-order valence-electron chi connectivity index (χ1n) is 11.1. The van der Waals surface area contributed by atoms with Crippen molar-refractivity contribution in [2.75, 3.05) is 13.1 Å². The van der Waals surface area contributed by atoms with E-state index in [0.717, 1.165) is 49.4 Å². The molecule has 1 aromatic heterocycles. The molecule has 1 aliphatic rings. The van der Waals surface area contributed by atoms with Crippen LogP contribution in [0.15, 0.2) is 54.7 Å². The van der Waals surface area contributed by atoms with Crippen LogP contribution in [0, 0.1) is 18.3 Å². The van der Waals surface area contributed by atoms with Gasteiger partial charge in [-0.25, -0.2) is 4.98 Å². The Labute approximate surface area is 194 Å². The maximum absolute atomic E-state index is 11.2. The van der Waals surface area contributed by atoms with Gasteiger partial charge in [-0.2, -0.15) is 5.26 Å². The molecule has 0 aliphatic carbocycles. The number of aromatic nitrogens is 2. The molecule has 3 aromatic rings. The fourth-order valence-electron chi connectivity index (χ4n) is 4.61. The lowest BCUT2D eigenvalue weighted by Gasteiger charge is -2.41. The topological polar surface area (TPSA) is 65.1 Å². The van der Waals surface area contributed by atoms with Crippen LogP contribution in [0.2, 0.25) is 5.02 Å². The van der Waals surface area contributed by atoms with Crippen LogP contribution in [0.25, 0.3) is 0 Å². The standard InChI is InChI=1S/C26H29ClN4O/c1-19(25-17-29-20(2)31(25)18-22-8-6-21(16-28)7-9-22)30-12-10-26(32,11-13-30)15-23-4-3-5-24(27)14-23/h3-9,14,17,19,32H,10-13,15,18H2,1-2H3. The van der Waals surface area contributed by atoms with E-state index in [1.165, 1.54) is 5.69 Å². The summed E-state index contributed by atoms with van der Waals surface area (Å²) in [5.41, 5.74) is 3.38. The van der Waals surface area contributed by atoms with E-state index in [-0.39, 0.29) is 6.04 Å². The second kappa shape index (κ2) is 9.46. The minimum atomic E-state index is -0.695. The van der Waals surface area contributed by atoms with Gasteiger partial charge in [-0.3, -0.25) is 4.90 Å². The van der Waals surface area contributed by atoms with Crippen LogP contribution >= 0.6 is 11.6 Å². The Kier molecular flexibility index (Phi) is 6.66. The molecule has 2 heterocycles. The maximum atomic E-state index is 11.2. The summed E-state index contributed by atoms with van der Waals surface area (Å²) in [6, 6.07) is 17.9. The van der Waals surface area contributed by atoms with Crippen LogP contribution in [0.3, 0.4) is 0 Å². The van der Waals surface area contributed by atoms with Crippen molar-refractivity contribution >= 4 is 11.6 Å². The third-order valence-electron chi connectivity index (χ3n) is 6.64. The highest BCUT2D eigenvalue weighted by atomic mass is 35.5. The minimum Gasteiger partial charge on any atom is -0.389 e. The molecule has 166 valence electrons. The summed E-state index contributed by atoms with van der Waals surface area (Å²) in [5, 5.41) is 20.9. The predicted molar refractivity (Wildman–Crippen MR) is 127 cm³/mol. The largest absolute Gasteiger partial charge is 0.389 e. The molecule has 1 atom stereocenters. The zero-order valence-corrected chi connectivity index (χ0v) is 19.4. The molecule has 0 radical (unpaired) electrons. The molecule has 0 amide bonds. The van der Waals surface area contributed by atoms with Gasteiger partial charge < -0.3 is 9.67 Å². The first kappa shape index (κ1) is 22.5. The number of aryl methyl sites for hydroxylation is 1. The monoisotopic (exact) mass is 448 g/mol. The third-order valence-corrected chi connectivity index (χ3v) is 6.87. The Morgan fingerprint density at radius 1 is 1.16 bits per heavy atom. The Hall–Kier alpha value is -2.65. The Balaban J connectivity index is 1.43. The van der Waals surface area contributed by atoms with Crippen LogP contribution in [0.5, 0.6) is 0 Å². The fraction of sp³-hybridized carbons (Fsp3) is 0.385. The first-order chi connectivity index (χ1) is 15.4. The van der Waals surface area contributed by atoms with Gasteiger partial charge >= 0.3 is 0 Å². The number of imidazole rings is 1. The first-order valence-corrected chi connectivity index (χ1v) is 11.5. The molecule has 1 fully saturated rings. The molecule has 2 aromatic carbocycles. The molecule has 4 rings (SSSR count). The van der Waals surface area contributed by atoms with Gasteiger partial charge in [-0.1, -0.05) is 35.9 Å². The van der Waals surface area contributed by atoms with Crippen LogP contribution in [-0.4, -0.2) is 38.2 Å². The average Bonchev–Trinajstić information content (AvgIpc) is 3.14. The number of piperidine rings is 1. The normalized spacial score (nSPS) is 17.1. The molecule has 32 heavy (non-hydrogen) atoms. The molecule has 5 nitrogen and oxygen atoms in total. The quantitative estimate of drug-likeness (QED) is 0.582. The predicted octanol–water partition coefficient (Wildman–Crippen LogP) is 4.90. The van der Waals surface area contributed by atoms with Crippen LogP contribution < -0.4 is 0 Å². The number of aliphatic hydroxyl groups is 1. The summed E-state index contributed by atoms with van der Waals surface area (Å²) in [5.74, 6) is 0.977. The highest BCUT2D eigenvalue weighted by molar-refractivity contribution is 6.30. The molecule has 1 aliphatic heterocycles. The SMILES string of the molecule is Cc1ncc(C(C)N2CCC(O)(Cc3cccc(Cl)c3)CC2)n1Cc1ccc(C#N)cc1. The van der Waals surface area contributed by atoms with Gasteiger partial charge in [0.25, 0.3) is 0 Å². The number of benzene rings is 2.